The lowest BCUT2D eigenvalue weighted by Gasteiger charge is -2.37. The molecular weight excluding hydrogens is 268 g/mol. The largest absolute Gasteiger partial charge is 0.497 e. The molecule has 5 nitrogen and oxygen atoms in total. The summed E-state index contributed by atoms with van der Waals surface area (Å²) in [6, 6.07) is 6.26. The second-order valence-corrected chi connectivity index (χ2v) is 5.63. The minimum Gasteiger partial charge on any atom is -0.497 e. The highest BCUT2D eigenvalue weighted by atomic mass is 16.5. The van der Waals surface area contributed by atoms with Crippen LogP contribution < -0.4 is 15.2 Å². The maximum Gasteiger partial charge on any atom is 0.221 e. The summed E-state index contributed by atoms with van der Waals surface area (Å²) in [5.41, 5.74) is 6.55. The van der Waals surface area contributed by atoms with Gasteiger partial charge < -0.3 is 15.2 Å². The molecule has 0 saturated carbocycles. The first kappa shape index (κ1) is 15.6. The van der Waals surface area contributed by atoms with Gasteiger partial charge in [0.05, 0.1) is 20.1 Å². The number of benzene rings is 1. The van der Waals surface area contributed by atoms with E-state index in [-0.39, 0.29) is 11.8 Å². The fraction of sp³-hybridized carbons (Fsp3) is 0.562. The Bertz CT molecular complexity index is 504. The summed E-state index contributed by atoms with van der Waals surface area (Å²) in [6.07, 6.45) is 1.87. The molecule has 2 N–H and O–H groups in total. The molecule has 0 aromatic heterocycles. The molecule has 5 heteroatoms. The highest BCUT2D eigenvalue weighted by molar-refractivity contribution is 5.77. The minimum atomic E-state index is -0.200. The third kappa shape index (κ3) is 3.67. The predicted octanol–water partition coefficient (Wildman–Crippen LogP) is 1.79. The Kier molecular flexibility index (Phi) is 5.07. The zero-order chi connectivity index (χ0) is 15.4. The predicted molar refractivity (Wildman–Crippen MR) is 81.3 cm³/mol. The SMILES string of the molecule is COc1ccc(CN2C[C@H](C(N)=O)CC[C@H]2C)c(OC)c1. The van der Waals surface area contributed by atoms with Crippen LogP contribution in [0, 0.1) is 5.92 Å². The molecule has 0 unspecified atom stereocenters. The van der Waals surface area contributed by atoms with Crippen LogP contribution in [0.4, 0.5) is 0 Å². The van der Waals surface area contributed by atoms with Crippen LogP contribution >= 0.6 is 0 Å². The molecule has 1 aliphatic heterocycles. The second-order valence-electron chi connectivity index (χ2n) is 5.63. The first-order chi connectivity index (χ1) is 10.0. The molecule has 116 valence electrons. The molecular formula is C16H24N2O3. The number of methoxy groups -OCH3 is 2. The highest BCUT2D eigenvalue weighted by Crippen LogP contribution is 2.29. The Hall–Kier alpha value is -1.75. The quantitative estimate of drug-likeness (QED) is 0.898. The Morgan fingerprint density at radius 1 is 1.33 bits per heavy atom. The van der Waals surface area contributed by atoms with E-state index in [4.69, 9.17) is 15.2 Å². The number of carbonyl (C=O) groups excluding carboxylic acids is 1. The lowest BCUT2D eigenvalue weighted by molar-refractivity contribution is -0.124. The van der Waals surface area contributed by atoms with E-state index in [0.29, 0.717) is 12.6 Å². The van der Waals surface area contributed by atoms with Crippen molar-refractivity contribution >= 4 is 5.91 Å². The Balaban J connectivity index is 2.14. The lowest BCUT2D eigenvalue weighted by atomic mass is 9.92. The Morgan fingerprint density at radius 2 is 2.10 bits per heavy atom. The summed E-state index contributed by atoms with van der Waals surface area (Å²) in [5.74, 6) is 1.33. The van der Waals surface area contributed by atoms with Gasteiger partial charge in [0.25, 0.3) is 0 Å². The molecule has 0 bridgehead atoms. The molecule has 1 fully saturated rings. The standard InChI is InChI=1S/C16H24N2O3/c1-11-4-5-13(16(17)19)10-18(11)9-12-6-7-14(20-2)8-15(12)21-3/h6-8,11,13H,4-5,9-10H2,1-3H3,(H2,17,19)/t11-,13-/m1/s1. The van der Waals surface area contributed by atoms with Crippen molar-refractivity contribution in [3.05, 3.63) is 23.8 Å². The van der Waals surface area contributed by atoms with Gasteiger partial charge in [0.15, 0.2) is 0 Å². The zero-order valence-corrected chi connectivity index (χ0v) is 13.0. The number of hydrogen-bond donors (Lipinski definition) is 1. The fourth-order valence-corrected chi connectivity index (χ4v) is 2.83. The van der Waals surface area contributed by atoms with Gasteiger partial charge in [-0.25, -0.2) is 0 Å². The van der Waals surface area contributed by atoms with Gasteiger partial charge in [-0.05, 0) is 25.8 Å². The highest BCUT2D eigenvalue weighted by Gasteiger charge is 2.29. The van der Waals surface area contributed by atoms with Gasteiger partial charge in [-0.2, -0.15) is 0 Å². The number of carbonyl (C=O) groups is 1. The van der Waals surface area contributed by atoms with Crippen LogP contribution in [-0.2, 0) is 11.3 Å². The van der Waals surface area contributed by atoms with E-state index in [9.17, 15) is 4.79 Å². The Labute approximate surface area is 126 Å². The van der Waals surface area contributed by atoms with E-state index in [2.05, 4.69) is 11.8 Å². The summed E-state index contributed by atoms with van der Waals surface area (Å²) in [4.78, 5) is 13.7. The summed E-state index contributed by atoms with van der Waals surface area (Å²) in [6.45, 7) is 3.65. The monoisotopic (exact) mass is 292 g/mol. The normalized spacial score (nSPS) is 22.8. The molecule has 1 amide bonds. The molecule has 1 saturated heterocycles. The fourth-order valence-electron chi connectivity index (χ4n) is 2.83. The van der Waals surface area contributed by atoms with Crippen molar-refractivity contribution in [3.8, 4) is 11.5 Å². The van der Waals surface area contributed by atoms with Crippen LogP contribution in [0.1, 0.15) is 25.3 Å². The molecule has 21 heavy (non-hydrogen) atoms. The van der Waals surface area contributed by atoms with Crippen LogP contribution in [0.3, 0.4) is 0 Å². The Morgan fingerprint density at radius 3 is 2.71 bits per heavy atom. The number of nitrogens with zero attached hydrogens (tertiary/aromatic N) is 1. The number of hydrogen-bond acceptors (Lipinski definition) is 4. The molecule has 1 aromatic rings. The van der Waals surface area contributed by atoms with Crippen molar-refractivity contribution in [3.63, 3.8) is 0 Å². The average Bonchev–Trinajstić information content (AvgIpc) is 2.49. The molecule has 2 rings (SSSR count). The average molecular weight is 292 g/mol. The van der Waals surface area contributed by atoms with E-state index in [0.717, 1.165) is 36.4 Å². The van der Waals surface area contributed by atoms with Crippen LogP contribution in [0.25, 0.3) is 0 Å². The van der Waals surface area contributed by atoms with Crippen molar-refractivity contribution < 1.29 is 14.3 Å². The molecule has 1 aliphatic rings. The van der Waals surface area contributed by atoms with E-state index in [1.807, 2.05) is 18.2 Å². The van der Waals surface area contributed by atoms with E-state index >= 15 is 0 Å². The van der Waals surface area contributed by atoms with E-state index < -0.39 is 0 Å². The molecule has 2 atom stereocenters. The first-order valence-electron chi connectivity index (χ1n) is 7.29. The number of amides is 1. The van der Waals surface area contributed by atoms with Gasteiger partial charge in [0, 0.05) is 30.8 Å². The molecule has 1 heterocycles. The van der Waals surface area contributed by atoms with Gasteiger partial charge in [0.1, 0.15) is 11.5 Å². The van der Waals surface area contributed by atoms with Crippen LogP contribution in [0.15, 0.2) is 18.2 Å². The molecule has 0 spiro atoms. The topological polar surface area (TPSA) is 64.8 Å². The van der Waals surface area contributed by atoms with Gasteiger partial charge >= 0.3 is 0 Å². The maximum absolute atomic E-state index is 11.4. The second kappa shape index (κ2) is 6.80. The number of piperidine rings is 1. The number of ether oxygens (including phenoxy) is 2. The summed E-state index contributed by atoms with van der Waals surface area (Å²) in [5, 5.41) is 0. The van der Waals surface area contributed by atoms with E-state index in [1.165, 1.54) is 0 Å². The molecule has 1 aromatic carbocycles. The summed E-state index contributed by atoms with van der Waals surface area (Å²) >= 11 is 0. The van der Waals surface area contributed by atoms with Gasteiger partial charge in [-0.15, -0.1) is 0 Å². The van der Waals surface area contributed by atoms with Gasteiger partial charge in [-0.1, -0.05) is 6.07 Å². The third-order valence-electron chi connectivity index (χ3n) is 4.28. The summed E-state index contributed by atoms with van der Waals surface area (Å²) in [7, 11) is 3.29. The smallest absolute Gasteiger partial charge is 0.221 e. The summed E-state index contributed by atoms with van der Waals surface area (Å²) < 4.78 is 10.7. The zero-order valence-electron chi connectivity index (χ0n) is 13.0. The van der Waals surface area contributed by atoms with Crippen molar-refractivity contribution in [1.82, 2.24) is 4.90 Å². The molecule has 0 aliphatic carbocycles. The lowest BCUT2D eigenvalue weighted by Crippen LogP contribution is -2.45. The van der Waals surface area contributed by atoms with Gasteiger partial charge in [0.2, 0.25) is 5.91 Å². The van der Waals surface area contributed by atoms with Crippen molar-refractivity contribution in [2.75, 3.05) is 20.8 Å². The first-order valence-corrected chi connectivity index (χ1v) is 7.29. The molecule has 0 radical (unpaired) electrons. The number of nitrogens with two attached hydrogens (primary N) is 1. The van der Waals surface area contributed by atoms with Crippen LogP contribution in [0.5, 0.6) is 11.5 Å². The van der Waals surface area contributed by atoms with Crippen LogP contribution in [-0.4, -0.2) is 37.6 Å². The van der Waals surface area contributed by atoms with E-state index in [1.54, 1.807) is 14.2 Å². The number of likely N-dealkylation sites (tertiary alicyclic amines) is 1. The van der Waals surface area contributed by atoms with Crippen LogP contribution in [0.2, 0.25) is 0 Å². The number of rotatable bonds is 5. The minimum absolute atomic E-state index is 0.0505. The van der Waals surface area contributed by atoms with Crippen molar-refractivity contribution in [2.45, 2.75) is 32.4 Å². The third-order valence-corrected chi connectivity index (χ3v) is 4.28. The van der Waals surface area contributed by atoms with Crippen molar-refractivity contribution in [2.24, 2.45) is 11.7 Å². The maximum atomic E-state index is 11.4. The van der Waals surface area contributed by atoms with Crippen molar-refractivity contribution in [1.29, 1.82) is 0 Å². The number of primary amides is 1. The van der Waals surface area contributed by atoms with Gasteiger partial charge in [-0.3, -0.25) is 9.69 Å².